The minimum atomic E-state index is -1.28. The van der Waals surface area contributed by atoms with Crippen molar-refractivity contribution in [3.63, 3.8) is 0 Å². The topological polar surface area (TPSA) is 167 Å². The summed E-state index contributed by atoms with van der Waals surface area (Å²) < 4.78 is 0. The van der Waals surface area contributed by atoms with Crippen LogP contribution in [0.15, 0.2) is 52.7 Å². The SMILES string of the molecule is CC(=O)Nc1ccc(-c2nc(N)sc2N=Nc2cc(C(=O)O)cc(C(=O)O)c2)cc1. The Kier molecular flexibility index (Phi) is 5.83. The van der Waals surface area contributed by atoms with E-state index >= 15 is 0 Å². The van der Waals surface area contributed by atoms with Crippen LogP contribution >= 0.6 is 11.3 Å². The minimum Gasteiger partial charge on any atom is -0.478 e. The lowest BCUT2D eigenvalue weighted by Gasteiger charge is -2.03. The highest BCUT2D eigenvalue weighted by molar-refractivity contribution is 7.19. The van der Waals surface area contributed by atoms with Gasteiger partial charge in [0.15, 0.2) is 10.1 Å². The van der Waals surface area contributed by atoms with Gasteiger partial charge in [0.2, 0.25) is 5.91 Å². The molecule has 0 saturated heterocycles. The van der Waals surface area contributed by atoms with E-state index < -0.39 is 11.9 Å². The average molecular weight is 425 g/mol. The molecule has 1 amide bonds. The van der Waals surface area contributed by atoms with E-state index in [1.54, 1.807) is 24.3 Å². The standard InChI is InChI=1S/C19H15N5O5S/c1-9(25)21-13-4-2-10(3-5-13)15-16(30-19(20)22-15)24-23-14-7-11(17(26)27)6-12(8-14)18(28)29/h2-8H,1H3,(H2,20,22)(H,21,25)(H,26,27)(H,28,29). The van der Waals surface area contributed by atoms with Crippen LogP contribution < -0.4 is 11.1 Å². The zero-order chi connectivity index (χ0) is 21.8. The van der Waals surface area contributed by atoms with Crippen molar-refractivity contribution in [1.29, 1.82) is 0 Å². The van der Waals surface area contributed by atoms with Crippen LogP contribution in [0.2, 0.25) is 0 Å². The van der Waals surface area contributed by atoms with Crippen LogP contribution in [0, 0.1) is 0 Å². The molecule has 0 aliphatic rings. The van der Waals surface area contributed by atoms with Crippen LogP contribution in [0.5, 0.6) is 0 Å². The Labute approximate surface area is 173 Å². The molecule has 0 spiro atoms. The van der Waals surface area contributed by atoms with Crippen molar-refractivity contribution in [2.24, 2.45) is 10.2 Å². The first-order valence-electron chi connectivity index (χ1n) is 8.40. The molecule has 2 aromatic carbocycles. The smallest absolute Gasteiger partial charge is 0.335 e. The molecular formula is C19H15N5O5S. The first-order chi connectivity index (χ1) is 14.2. The van der Waals surface area contributed by atoms with Crippen LogP contribution in [-0.4, -0.2) is 33.0 Å². The van der Waals surface area contributed by atoms with E-state index in [-0.39, 0.29) is 27.9 Å². The Morgan fingerprint density at radius 1 is 1.00 bits per heavy atom. The number of azo groups is 1. The van der Waals surface area contributed by atoms with Crippen molar-refractivity contribution in [3.8, 4) is 11.3 Å². The third-order valence-electron chi connectivity index (χ3n) is 3.77. The Balaban J connectivity index is 1.95. The van der Waals surface area contributed by atoms with Crippen molar-refractivity contribution in [1.82, 2.24) is 4.98 Å². The van der Waals surface area contributed by atoms with Gasteiger partial charge in [-0.05, 0) is 30.3 Å². The van der Waals surface area contributed by atoms with E-state index in [0.717, 1.165) is 17.4 Å². The molecule has 1 heterocycles. The van der Waals surface area contributed by atoms with E-state index in [1.165, 1.54) is 19.1 Å². The van der Waals surface area contributed by atoms with Gasteiger partial charge in [0, 0.05) is 18.2 Å². The molecule has 5 N–H and O–H groups in total. The molecule has 0 fully saturated rings. The van der Waals surface area contributed by atoms with Gasteiger partial charge in [0.1, 0.15) is 5.69 Å². The number of benzene rings is 2. The van der Waals surface area contributed by atoms with Crippen molar-refractivity contribution >= 4 is 50.7 Å². The number of nitrogen functional groups attached to an aromatic ring is 1. The van der Waals surface area contributed by atoms with E-state index in [2.05, 4.69) is 20.5 Å². The predicted molar refractivity (Wildman–Crippen MR) is 111 cm³/mol. The molecule has 11 heteroatoms. The quantitative estimate of drug-likeness (QED) is 0.430. The van der Waals surface area contributed by atoms with E-state index in [9.17, 15) is 14.4 Å². The maximum absolute atomic E-state index is 11.2. The molecule has 30 heavy (non-hydrogen) atoms. The Bertz CT molecular complexity index is 1140. The molecule has 0 bridgehead atoms. The number of hydrogen-bond acceptors (Lipinski definition) is 8. The van der Waals surface area contributed by atoms with Crippen LogP contribution in [0.4, 0.5) is 21.5 Å². The van der Waals surface area contributed by atoms with Gasteiger partial charge in [0.05, 0.1) is 16.8 Å². The number of nitrogens with zero attached hydrogens (tertiary/aromatic N) is 3. The molecule has 0 aliphatic carbocycles. The lowest BCUT2D eigenvalue weighted by molar-refractivity contribution is -0.114. The van der Waals surface area contributed by atoms with Gasteiger partial charge >= 0.3 is 11.9 Å². The number of anilines is 2. The molecule has 3 aromatic rings. The van der Waals surface area contributed by atoms with Gasteiger partial charge in [0.25, 0.3) is 0 Å². The highest BCUT2D eigenvalue weighted by Gasteiger charge is 2.14. The zero-order valence-electron chi connectivity index (χ0n) is 15.5. The number of amides is 1. The van der Waals surface area contributed by atoms with Gasteiger partial charge in [-0.1, -0.05) is 23.5 Å². The number of hydrogen-bond donors (Lipinski definition) is 4. The number of nitrogens with one attached hydrogen (secondary N) is 1. The van der Waals surface area contributed by atoms with Gasteiger partial charge < -0.3 is 21.3 Å². The monoisotopic (exact) mass is 425 g/mol. The number of aromatic nitrogens is 1. The lowest BCUT2D eigenvalue weighted by atomic mass is 10.1. The summed E-state index contributed by atoms with van der Waals surface area (Å²) in [7, 11) is 0. The molecule has 0 atom stereocenters. The number of carbonyl (C=O) groups is 3. The molecule has 0 aliphatic heterocycles. The molecule has 10 nitrogen and oxygen atoms in total. The van der Waals surface area contributed by atoms with Crippen LogP contribution in [-0.2, 0) is 4.79 Å². The summed E-state index contributed by atoms with van der Waals surface area (Å²) in [6.07, 6.45) is 0. The summed E-state index contributed by atoms with van der Waals surface area (Å²) in [5, 5.41) is 29.6. The summed E-state index contributed by atoms with van der Waals surface area (Å²) in [4.78, 5) is 37.8. The average Bonchev–Trinajstić information content (AvgIpc) is 3.06. The number of rotatable bonds is 6. The Morgan fingerprint density at radius 3 is 2.13 bits per heavy atom. The van der Waals surface area contributed by atoms with Crippen LogP contribution in [0.3, 0.4) is 0 Å². The number of aromatic carboxylic acids is 2. The fraction of sp³-hybridized carbons (Fsp3) is 0.0526. The summed E-state index contributed by atoms with van der Waals surface area (Å²) in [6.45, 7) is 1.41. The van der Waals surface area contributed by atoms with Gasteiger partial charge in [-0.2, -0.15) is 0 Å². The van der Waals surface area contributed by atoms with Crippen molar-refractivity contribution in [3.05, 3.63) is 53.6 Å². The predicted octanol–water partition coefficient (Wildman–Crippen LogP) is 4.16. The minimum absolute atomic E-state index is 0.0613. The number of carboxylic acids is 2. The van der Waals surface area contributed by atoms with E-state index in [0.29, 0.717) is 21.9 Å². The maximum atomic E-state index is 11.2. The highest BCUT2D eigenvalue weighted by atomic mass is 32.1. The second-order valence-corrected chi connectivity index (χ2v) is 7.05. The van der Waals surface area contributed by atoms with Crippen LogP contribution in [0.25, 0.3) is 11.3 Å². The second kappa shape index (κ2) is 8.49. The second-order valence-electron chi connectivity index (χ2n) is 6.04. The first kappa shape index (κ1) is 20.6. The molecule has 1 aromatic heterocycles. The fourth-order valence-corrected chi connectivity index (χ4v) is 3.19. The van der Waals surface area contributed by atoms with E-state index in [4.69, 9.17) is 15.9 Å². The third-order valence-corrected chi connectivity index (χ3v) is 4.54. The molecular weight excluding hydrogens is 410 g/mol. The van der Waals surface area contributed by atoms with Crippen molar-refractivity contribution in [2.75, 3.05) is 11.1 Å². The maximum Gasteiger partial charge on any atom is 0.335 e. The fourth-order valence-electron chi connectivity index (χ4n) is 2.52. The summed E-state index contributed by atoms with van der Waals surface area (Å²) in [5.74, 6) is -2.76. The van der Waals surface area contributed by atoms with Gasteiger partial charge in [-0.25, -0.2) is 14.6 Å². The summed E-state index contributed by atoms with van der Waals surface area (Å²) in [5.41, 5.74) is 7.16. The van der Waals surface area contributed by atoms with Crippen molar-refractivity contribution < 1.29 is 24.6 Å². The molecule has 152 valence electrons. The largest absolute Gasteiger partial charge is 0.478 e. The summed E-state index contributed by atoms with van der Waals surface area (Å²) in [6, 6.07) is 10.3. The molecule has 0 radical (unpaired) electrons. The number of carboxylic acid groups (broad SMARTS) is 2. The van der Waals surface area contributed by atoms with Gasteiger partial charge in [-0.3, -0.25) is 4.79 Å². The van der Waals surface area contributed by atoms with Gasteiger partial charge in [-0.15, -0.1) is 10.2 Å². The number of nitrogens with two attached hydrogens (primary N) is 1. The zero-order valence-corrected chi connectivity index (χ0v) is 16.3. The number of thiazole rings is 1. The first-order valence-corrected chi connectivity index (χ1v) is 9.22. The molecule has 0 unspecified atom stereocenters. The molecule has 3 rings (SSSR count). The lowest BCUT2D eigenvalue weighted by Crippen LogP contribution is -2.05. The van der Waals surface area contributed by atoms with E-state index in [1.807, 2.05) is 0 Å². The normalized spacial score (nSPS) is 10.8. The van der Waals surface area contributed by atoms with Crippen molar-refractivity contribution in [2.45, 2.75) is 6.92 Å². The molecule has 0 saturated carbocycles. The van der Waals surface area contributed by atoms with Crippen LogP contribution in [0.1, 0.15) is 27.6 Å². The highest BCUT2D eigenvalue weighted by Crippen LogP contribution is 2.38. The number of carbonyl (C=O) groups excluding carboxylic acids is 1. The Morgan fingerprint density at radius 2 is 1.60 bits per heavy atom. The summed E-state index contributed by atoms with van der Waals surface area (Å²) >= 11 is 1.07. The third kappa shape index (κ3) is 4.83. The Hall–Kier alpha value is -4.12.